The van der Waals surface area contributed by atoms with Crippen molar-refractivity contribution in [3.8, 4) is 5.75 Å². The number of benzene rings is 2. The monoisotopic (exact) mass is 258 g/mol. The Morgan fingerprint density at radius 2 is 1.83 bits per heavy atom. The van der Waals surface area contributed by atoms with Gasteiger partial charge in [0, 0.05) is 28.5 Å². The fraction of sp³-hybridized carbons (Fsp3) is 0.200. The van der Waals surface area contributed by atoms with Crippen LogP contribution in [0.1, 0.15) is 12.0 Å². The standard InChI is InChI=1S/C15H13ClNO/c16-11-6-8-12(9-7-11)17-10-2-3-13-14(17)4-1-5-15(13)18/h1,4-9H,2-3,10H2. The Hall–Kier alpha value is -1.67. The first kappa shape index (κ1) is 11.4. The molecule has 0 atom stereocenters. The van der Waals surface area contributed by atoms with Crippen molar-refractivity contribution in [1.29, 1.82) is 0 Å². The first-order valence-corrected chi connectivity index (χ1v) is 6.45. The van der Waals surface area contributed by atoms with Crippen molar-refractivity contribution in [2.24, 2.45) is 0 Å². The van der Waals surface area contributed by atoms with E-state index in [0.29, 0.717) is 0 Å². The van der Waals surface area contributed by atoms with Crippen LogP contribution in [-0.2, 0) is 11.5 Å². The second-order valence-electron chi connectivity index (χ2n) is 4.49. The second-order valence-corrected chi connectivity index (χ2v) is 4.92. The maximum absolute atomic E-state index is 11.8. The molecule has 1 aliphatic heterocycles. The summed E-state index contributed by atoms with van der Waals surface area (Å²) in [6, 6.07) is 13.2. The molecule has 0 fully saturated rings. The van der Waals surface area contributed by atoms with E-state index in [1.807, 2.05) is 36.4 Å². The molecule has 0 amide bonds. The first-order chi connectivity index (χ1) is 8.75. The van der Waals surface area contributed by atoms with Gasteiger partial charge in [0.15, 0.2) is 5.75 Å². The molecule has 0 N–H and O–H groups in total. The van der Waals surface area contributed by atoms with Gasteiger partial charge in [-0.25, -0.2) is 0 Å². The van der Waals surface area contributed by atoms with Crippen molar-refractivity contribution < 1.29 is 5.11 Å². The fourth-order valence-corrected chi connectivity index (χ4v) is 2.61. The summed E-state index contributed by atoms with van der Waals surface area (Å²) in [5.41, 5.74) is 3.06. The fourth-order valence-electron chi connectivity index (χ4n) is 2.48. The van der Waals surface area contributed by atoms with E-state index in [-0.39, 0.29) is 5.75 Å². The molecule has 3 heteroatoms. The summed E-state index contributed by atoms with van der Waals surface area (Å²) < 4.78 is 0. The lowest BCUT2D eigenvalue weighted by Gasteiger charge is -2.31. The molecule has 2 aromatic rings. The van der Waals surface area contributed by atoms with Gasteiger partial charge in [0.25, 0.3) is 0 Å². The highest BCUT2D eigenvalue weighted by Crippen LogP contribution is 2.38. The summed E-state index contributed by atoms with van der Waals surface area (Å²) in [6.45, 7) is 0.943. The predicted molar refractivity (Wildman–Crippen MR) is 73.4 cm³/mol. The van der Waals surface area contributed by atoms with Gasteiger partial charge in [0.1, 0.15) is 0 Å². The Bertz CT molecular complexity index is 565. The van der Waals surface area contributed by atoms with Crippen LogP contribution in [-0.4, -0.2) is 6.54 Å². The van der Waals surface area contributed by atoms with Gasteiger partial charge in [0.2, 0.25) is 0 Å². The summed E-state index contributed by atoms with van der Waals surface area (Å²) in [5.74, 6) is 0.145. The van der Waals surface area contributed by atoms with Crippen molar-refractivity contribution in [3.63, 3.8) is 0 Å². The lowest BCUT2D eigenvalue weighted by atomic mass is 10.00. The molecular formula is C15H13ClNO. The van der Waals surface area contributed by atoms with Crippen LogP contribution in [0, 0.1) is 0 Å². The van der Waals surface area contributed by atoms with E-state index in [1.54, 1.807) is 6.07 Å². The van der Waals surface area contributed by atoms with Gasteiger partial charge in [-0.05, 0) is 49.2 Å². The Morgan fingerprint density at radius 1 is 1.06 bits per heavy atom. The zero-order valence-electron chi connectivity index (χ0n) is 9.90. The van der Waals surface area contributed by atoms with E-state index < -0.39 is 0 Å². The van der Waals surface area contributed by atoms with Crippen LogP contribution in [0.2, 0.25) is 5.02 Å². The first-order valence-electron chi connectivity index (χ1n) is 6.08. The lowest BCUT2D eigenvalue weighted by molar-refractivity contribution is 0.349. The van der Waals surface area contributed by atoms with Crippen molar-refractivity contribution in [3.05, 3.63) is 53.1 Å². The minimum atomic E-state index is 0.145. The van der Waals surface area contributed by atoms with Crippen LogP contribution in [0.25, 0.3) is 0 Å². The molecule has 1 radical (unpaired) electrons. The van der Waals surface area contributed by atoms with E-state index in [9.17, 15) is 5.11 Å². The largest absolute Gasteiger partial charge is 0.341 e. The summed E-state index contributed by atoms with van der Waals surface area (Å²) >= 11 is 5.91. The molecule has 0 saturated carbocycles. The molecule has 0 aliphatic carbocycles. The van der Waals surface area contributed by atoms with Crippen molar-refractivity contribution in [1.82, 2.24) is 0 Å². The van der Waals surface area contributed by atoms with Gasteiger partial charge in [-0.3, -0.25) is 5.11 Å². The number of nitrogens with zero attached hydrogens (tertiary/aromatic N) is 1. The Kier molecular flexibility index (Phi) is 2.88. The molecule has 1 aliphatic rings. The second kappa shape index (κ2) is 4.54. The molecule has 0 unspecified atom stereocenters. The number of hydrogen-bond acceptors (Lipinski definition) is 1. The van der Waals surface area contributed by atoms with Crippen LogP contribution in [0.4, 0.5) is 11.4 Å². The number of halogens is 1. The van der Waals surface area contributed by atoms with Gasteiger partial charge in [-0.15, -0.1) is 0 Å². The number of anilines is 2. The van der Waals surface area contributed by atoms with Gasteiger partial charge in [-0.2, -0.15) is 0 Å². The van der Waals surface area contributed by atoms with E-state index >= 15 is 0 Å². The Labute approximate surface area is 111 Å². The van der Waals surface area contributed by atoms with Crippen molar-refractivity contribution in [2.75, 3.05) is 11.4 Å². The lowest BCUT2D eigenvalue weighted by Crippen LogP contribution is -2.24. The molecule has 0 saturated heterocycles. The predicted octanol–water partition coefficient (Wildman–Crippen LogP) is 4.57. The summed E-state index contributed by atoms with van der Waals surface area (Å²) in [6.07, 6.45) is 1.88. The van der Waals surface area contributed by atoms with Crippen LogP contribution in [0.5, 0.6) is 5.75 Å². The Balaban J connectivity index is 2.06. The van der Waals surface area contributed by atoms with E-state index in [2.05, 4.69) is 4.90 Å². The minimum absolute atomic E-state index is 0.145. The zero-order valence-corrected chi connectivity index (χ0v) is 10.7. The van der Waals surface area contributed by atoms with E-state index in [0.717, 1.165) is 41.3 Å². The summed E-state index contributed by atoms with van der Waals surface area (Å²) in [4.78, 5) is 2.19. The van der Waals surface area contributed by atoms with Gasteiger partial charge in [0.05, 0.1) is 0 Å². The molecule has 2 aromatic carbocycles. The molecule has 91 valence electrons. The molecule has 2 nitrogen and oxygen atoms in total. The summed E-state index contributed by atoms with van der Waals surface area (Å²) in [7, 11) is 0. The zero-order chi connectivity index (χ0) is 12.5. The molecule has 3 rings (SSSR count). The average Bonchev–Trinajstić information content (AvgIpc) is 2.40. The Morgan fingerprint density at radius 3 is 2.61 bits per heavy atom. The topological polar surface area (TPSA) is 23.1 Å². The van der Waals surface area contributed by atoms with Gasteiger partial charge >= 0.3 is 0 Å². The molecular weight excluding hydrogens is 246 g/mol. The highest BCUT2D eigenvalue weighted by Gasteiger charge is 2.20. The van der Waals surface area contributed by atoms with Gasteiger partial charge < -0.3 is 4.90 Å². The van der Waals surface area contributed by atoms with Crippen LogP contribution >= 0.6 is 11.6 Å². The molecule has 0 bridgehead atoms. The molecule has 0 aromatic heterocycles. The van der Waals surface area contributed by atoms with E-state index in [4.69, 9.17) is 11.6 Å². The quantitative estimate of drug-likeness (QED) is 0.735. The number of hydrogen-bond donors (Lipinski definition) is 0. The minimum Gasteiger partial charge on any atom is -0.341 e. The highest BCUT2D eigenvalue weighted by atomic mass is 35.5. The third-order valence-corrected chi connectivity index (χ3v) is 3.60. The van der Waals surface area contributed by atoms with Gasteiger partial charge in [-0.1, -0.05) is 17.7 Å². The normalized spacial score (nSPS) is 14.4. The molecule has 18 heavy (non-hydrogen) atoms. The highest BCUT2D eigenvalue weighted by molar-refractivity contribution is 6.30. The van der Waals surface area contributed by atoms with Crippen LogP contribution in [0.3, 0.4) is 0 Å². The maximum Gasteiger partial charge on any atom is 0.183 e. The number of rotatable bonds is 1. The van der Waals surface area contributed by atoms with Crippen molar-refractivity contribution >= 4 is 23.0 Å². The van der Waals surface area contributed by atoms with E-state index in [1.165, 1.54) is 0 Å². The smallest absolute Gasteiger partial charge is 0.183 e. The summed E-state index contributed by atoms with van der Waals surface area (Å²) in [5, 5.41) is 12.6. The average molecular weight is 259 g/mol. The van der Waals surface area contributed by atoms with Crippen molar-refractivity contribution in [2.45, 2.75) is 12.8 Å². The van der Waals surface area contributed by atoms with Crippen LogP contribution in [0.15, 0.2) is 42.5 Å². The third kappa shape index (κ3) is 1.93. The number of fused-ring (bicyclic) bond motifs is 1. The van der Waals surface area contributed by atoms with Crippen LogP contribution < -0.4 is 4.90 Å². The third-order valence-electron chi connectivity index (χ3n) is 3.35. The maximum atomic E-state index is 11.8. The molecule has 1 heterocycles. The SMILES string of the molecule is [O]c1cccc2c1CCCN2c1ccc(Cl)cc1. The molecule has 0 spiro atoms.